The molecule has 1 aliphatic rings. The Labute approximate surface area is 179 Å². The standard InChI is InChI=1S/C20H16ClFN2O5S/c21-12-3-6-16(15(22)8-12)24-9-14(29-20(24)27)10-28-13-4-1-11(2-5-13)7-17-18(25)23-19(26)30-17/h1-6,8,14,25H,7,9-10H2,(H,23,26). The first-order chi connectivity index (χ1) is 14.4. The molecular formula is C20H16ClFN2O5S. The van der Waals surface area contributed by atoms with Crippen LogP contribution in [0.3, 0.4) is 0 Å². The van der Waals surface area contributed by atoms with Gasteiger partial charge in [0.2, 0.25) is 5.88 Å². The maximum Gasteiger partial charge on any atom is 0.414 e. The molecule has 2 N–H and O–H groups in total. The summed E-state index contributed by atoms with van der Waals surface area (Å²) in [5, 5.41) is 9.91. The predicted molar refractivity (Wildman–Crippen MR) is 110 cm³/mol. The molecule has 0 aliphatic carbocycles. The number of carbonyl (C=O) groups excluding carboxylic acids is 1. The molecule has 0 radical (unpaired) electrons. The normalized spacial score (nSPS) is 16.0. The second-order valence-electron chi connectivity index (χ2n) is 6.63. The molecule has 1 aliphatic heterocycles. The van der Waals surface area contributed by atoms with E-state index in [9.17, 15) is 19.1 Å². The summed E-state index contributed by atoms with van der Waals surface area (Å²) in [4.78, 5) is 27.1. The van der Waals surface area contributed by atoms with Crippen LogP contribution in [-0.2, 0) is 11.2 Å². The number of hydrogen-bond donors (Lipinski definition) is 2. The van der Waals surface area contributed by atoms with Gasteiger partial charge in [-0.25, -0.2) is 9.18 Å². The third-order valence-electron chi connectivity index (χ3n) is 4.50. The zero-order valence-electron chi connectivity index (χ0n) is 15.4. The number of aromatic hydroxyl groups is 1. The number of carbonyl (C=O) groups is 1. The molecule has 1 fully saturated rings. The van der Waals surface area contributed by atoms with Crippen LogP contribution in [0, 0.1) is 5.82 Å². The molecule has 4 rings (SSSR count). The van der Waals surface area contributed by atoms with Gasteiger partial charge >= 0.3 is 11.0 Å². The van der Waals surface area contributed by atoms with Crippen LogP contribution in [0.2, 0.25) is 5.02 Å². The predicted octanol–water partition coefficient (Wildman–Crippen LogP) is 3.93. The molecule has 10 heteroatoms. The average Bonchev–Trinajstić information content (AvgIpc) is 3.22. The monoisotopic (exact) mass is 450 g/mol. The molecule has 7 nitrogen and oxygen atoms in total. The average molecular weight is 451 g/mol. The largest absolute Gasteiger partial charge is 0.494 e. The summed E-state index contributed by atoms with van der Waals surface area (Å²) in [5.41, 5.74) is 0.996. The van der Waals surface area contributed by atoms with Crippen LogP contribution in [0.5, 0.6) is 11.6 Å². The van der Waals surface area contributed by atoms with Gasteiger partial charge in [0.25, 0.3) is 0 Å². The van der Waals surface area contributed by atoms with Crippen LogP contribution in [-0.4, -0.2) is 35.4 Å². The van der Waals surface area contributed by atoms with Gasteiger partial charge in [-0.3, -0.25) is 14.7 Å². The van der Waals surface area contributed by atoms with E-state index in [1.165, 1.54) is 17.0 Å². The molecule has 2 aromatic carbocycles. The van der Waals surface area contributed by atoms with E-state index in [2.05, 4.69) is 4.98 Å². The highest BCUT2D eigenvalue weighted by molar-refractivity contribution is 7.09. The van der Waals surface area contributed by atoms with Crippen LogP contribution in [0.1, 0.15) is 10.4 Å². The maximum absolute atomic E-state index is 14.1. The number of anilines is 1. The van der Waals surface area contributed by atoms with E-state index >= 15 is 0 Å². The SMILES string of the molecule is O=C1OC(COc2ccc(Cc3sc(=O)[nH]c3O)cc2)CN1c1ccc(Cl)cc1F. The highest BCUT2D eigenvalue weighted by atomic mass is 35.5. The summed E-state index contributed by atoms with van der Waals surface area (Å²) < 4.78 is 25.0. The number of cyclic esters (lactones) is 1. The van der Waals surface area contributed by atoms with E-state index < -0.39 is 18.0 Å². The van der Waals surface area contributed by atoms with Gasteiger partial charge < -0.3 is 14.6 Å². The number of rotatable bonds is 6. The number of halogens is 2. The molecule has 0 bridgehead atoms. The number of aromatic nitrogens is 1. The quantitative estimate of drug-likeness (QED) is 0.593. The number of hydrogen-bond acceptors (Lipinski definition) is 6. The van der Waals surface area contributed by atoms with Gasteiger partial charge in [0, 0.05) is 11.4 Å². The van der Waals surface area contributed by atoms with Gasteiger partial charge in [0.15, 0.2) is 6.10 Å². The zero-order valence-corrected chi connectivity index (χ0v) is 17.0. The lowest BCUT2D eigenvalue weighted by molar-refractivity contribution is 0.105. The third kappa shape index (κ3) is 4.42. The van der Waals surface area contributed by atoms with Gasteiger partial charge in [-0.1, -0.05) is 35.1 Å². The molecule has 3 aromatic rings. The minimum absolute atomic E-state index is 0.103. The van der Waals surface area contributed by atoms with E-state index in [0.29, 0.717) is 17.0 Å². The van der Waals surface area contributed by atoms with Crippen molar-refractivity contribution in [2.75, 3.05) is 18.1 Å². The smallest absolute Gasteiger partial charge is 0.414 e. The molecule has 1 atom stereocenters. The van der Waals surface area contributed by atoms with Crippen LogP contribution in [0.25, 0.3) is 0 Å². The van der Waals surface area contributed by atoms with Crippen LogP contribution in [0.15, 0.2) is 47.3 Å². The molecule has 156 valence electrons. The highest BCUT2D eigenvalue weighted by Crippen LogP contribution is 2.27. The van der Waals surface area contributed by atoms with Gasteiger partial charge in [-0.15, -0.1) is 0 Å². The first kappa shape index (κ1) is 20.2. The Morgan fingerprint density at radius 2 is 2.03 bits per heavy atom. The lowest BCUT2D eigenvalue weighted by Gasteiger charge is -2.14. The minimum Gasteiger partial charge on any atom is -0.494 e. The van der Waals surface area contributed by atoms with Crippen molar-refractivity contribution in [3.63, 3.8) is 0 Å². The van der Waals surface area contributed by atoms with Crippen molar-refractivity contribution in [3.8, 4) is 11.6 Å². The first-order valence-electron chi connectivity index (χ1n) is 8.95. The molecule has 1 amide bonds. The Balaban J connectivity index is 1.34. The molecule has 30 heavy (non-hydrogen) atoms. The first-order valence-corrected chi connectivity index (χ1v) is 10.1. The van der Waals surface area contributed by atoms with E-state index in [1.54, 1.807) is 12.1 Å². The Hall–Kier alpha value is -3.04. The number of aromatic amines is 1. The molecule has 1 unspecified atom stereocenters. The zero-order chi connectivity index (χ0) is 21.3. The lowest BCUT2D eigenvalue weighted by atomic mass is 10.1. The summed E-state index contributed by atoms with van der Waals surface area (Å²) >= 11 is 6.71. The van der Waals surface area contributed by atoms with Gasteiger partial charge in [-0.05, 0) is 35.9 Å². The number of H-pyrrole nitrogens is 1. The van der Waals surface area contributed by atoms with Crippen molar-refractivity contribution < 1.29 is 23.8 Å². The summed E-state index contributed by atoms with van der Waals surface area (Å²) in [6.45, 7) is 0.262. The third-order valence-corrected chi connectivity index (χ3v) is 5.61. The molecule has 2 heterocycles. The topological polar surface area (TPSA) is 91.9 Å². The molecule has 1 saturated heterocycles. The van der Waals surface area contributed by atoms with E-state index in [0.717, 1.165) is 23.0 Å². The van der Waals surface area contributed by atoms with Crippen molar-refractivity contribution in [2.45, 2.75) is 12.5 Å². The fraction of sp³-hybridized carbons (Fsp3) is 0.200. The van der Waals surface area contributed by atoms with Crippen molar-refractivity contribution in [2.24, 2.45) is 0 Å². The summed E-state index contributed by atoms with van der Waals surface area (Å²) in [5.74, 6) is -0.150. The highest BCUT2D eigenvalue weighted by Gasteiger charge is 2.34. The fourth-order valence-electron chi connectivity index (χ4n) is 3.06. The summed E-state index contributed by atoms with van der Waals surface area (Å²) in [6, 6.07) is 11.2. The molecule has 0 spiro atoms. The number of nitrogens with one attached hydrogen (secondary N) is 1. The van der Waals surface area contributed by atoms with E-state index in [1.807, 2.05) is 12.1 Å². The Morgan fingerprint density at radius 3 is 2.70 bits per heavy atom. The van der Waals surface area contributed by atoms with Crippen molar-refractivity contribution in [1.29, 1.82) is 0 Å². The fourth-order valence-corrected chi connectivity index (χ4v) is 3.97. The van der Waals surface area contributed by atoms with Crippen LogP contribution in [0.4, 0.5) is 14.9 Å². The van der Waals surface area contributed by atoms with E-state index in [4.69, 9.17) is 21.1 Å². The number of benzene rings is 2. The van der Waals surface area contributed by atoms with Gasteiger partial charge in [-0.2, -0.15) is 0 Å². The minimum atomic E-state index is -0.648. The lowest BCUT2D eigenvalue weighted by Crippen LogP contribution is -2.27. The second kappa shape index (κ2) is 8.37. The summed E-state index contributed by atoms with van der Waals surface area (Å²) in [6.07, 6.45) is -0.788. The van der Waals surface area contributed by atoms with Crippen LogP contribution >= 0.6 is 22.9 Å². The Bertz CT molecular complexity index is 1130. The van der Waals surface area contributed by atoms with E-state index in [-0.39, 0.29) is 34.6 Å². The van der Waals surface area contributed by atoms with Gasteiger partial charge in [0.05, 0.1) is 17.1 Å². The van der Waals surface area contributed by atoms with Crippen molar-refractivity contribution in [3.05, 3.63) is 73.4 Å². The maximum atomic E-state index is 14.1. The number of ether oxygens (including phenoxy) is 2. The molecule has 0 saturated carbocycles. The molecule has 1 aromatic heterocycles. The second-order valence-corrected chi connectivity index (χ2v) is 8.13. The summed E-state index contributed by atoms with van der Waals surface area (Å²) in [7, 11) is 0. The van der Waals surface area contributed by atoms with Crippen molar-refractivity contribution >= 4 is 34.7 Å². The molecular weight excluding hydrogens is 435 g/mol. The number of amides is 1. The van der Waals surface area contributed by atoms with Gasteiger partial charge in [0.1, 0.15) is 18.2 Å². The number of thiazole rings is 1. The Kier molecular flexibility index (Phi) is 5.65. The van der Waals surface area contributed by atoms with Crippen LogP contribution < -0.4 is 14.5 Å². The number of nitrogens with zero attached hydrogens (tertiary/aromatic N) is 1. The van der Waals surface area contributed by atoms with Crippen molar-refractivity contribution in [1.82, 2.24) is 4.98 Å². The Morgan fingerprint density at radius 1 is 1.27 bits per heavy atom.